The van der Waals surface area contributed by atoms with Crippen molar-refractivity contribution in [3.63, 3.8) is 0 Å². The number of rotatable bonds is 2. The quantitative estimate of drug-likeness (QED) is 0.548. The summed E-state index contributed by atoms with van der Waals surface area (Å²) in [6, 6.07) is -1.01. The summed E-state index contributed by atoms with van der Waals surface area (Å²) in [5, 5.41) is 0. The minimum atomic E-state index is -2.58. The normalized spacial score (nSPS) is 45.4. The van der Waals surface area contributed by atoms with E-state index in [0.29, 0.717) is 12.8 Å². The molecule has 0 unspecified atom stereocenters. The third kappa shape index (κ3) is 1.84. The van der Waals surface area contributed by atoms with Gasteiger partial charge in [-0.25, -0.2) is 0 Å². The molecule has 0 amide bonds. The number of likely N-dealkylation sites (tertiary alicyclic amines) is 1. The van der Waals surface area contributed by atoms with Gasteiger partial charge in [-0.15, -0.1) is 11.6 Å². The number of hydrogen-bond acceptors (Lipinski definition) is 1. The predicted octanol–water partition coefficient (Wildman–Crippen LogP) is 1.71. The van der Waals surface area contributed by atoms with Crippen molar-refractivity contribution in [3.8, 4) is 0 Å². The molecule has 0 aliphatic carbocycles. The van der Waals surface area contributed by atoms with Gasteiger partial charge in [-0.05, 0) is 32.7 Å². The van der Waals surface area contributed by atoms with E-state index in [4.69, 9.17) is 21.2 Å². The fourth-order valence-electron chi connectivity index (χ4n) is 0.980. The van der Waals surface area contributed by atoms with Crippen LogP contribution in [0.15, 0.2) is 0 Å². The van der Waals surface area contributed by atoms with Gasteiger partial charge in [0, 0.05) is 21.5 Å². The maximum Gasteiger partial charge on any atom is 0.0436 e. The SMILES string of the molecule is [2H]C([2H])([2H])N1CCC[C@@H]1C([2H])([2H])C([2H])([2H])Cl. The molecule has 0 saturated carbocycles. The van der Waals surface area contributed by atoms with Crippen LogP contribution in [-0.4, -0.2) is 30.3 Å². The highest BCUT2D eigenvalue weighted by molar-refractivity contribution is 6.17. The third-order valence-electron chi connectivity index (χ3n) is 1.47. The topological polar surface area (TPSA) is 3.24 Å². The smallest absolute Gasteiger partial charge is 0.0436 e. The molecule has 0 aromatic carbocycles. The van der Waals surface area contributed by atoms with Crippen LogP contribution in [0.1, 0.15) is 28.8 Å². The number of halogens is 1. The first kappa shape index (κ1) is 2.38. The Bertz CT molecular complexity index is 258. The summed E-state index contributed by atoms with van der Waals surface area (Å²) in [7, 11) is 0. The van der Waals surface area contributed by atoms with Crippen LogP contribution in [0.4, 0.5) is 0 Å². The summed E-state index contributed by atoms with van der Waals surface area (Å²) in [6.07, 6.45) is -1.55. The van der Waals surface area contributed by atoms with E-state index in [0.717, 1.165) is 4.90 Å². The molecular formula is C7H14ClN. The molecule has 54 valence electrons. The summed E-state index contributed by atoms with van der Waals surface area (Å²) in [5.41, 5.74) is 0. The molecule has 9 heavy (non-hydrogen) atoms. The fourth-order valence-corrected chi connectivity index (χ4v) is 1.11. The average Bonchev–Trinajstić information content (AvgIpc) is 2.47. The van der Waals surface area contributed by atoms with Crippen LogP contribution in [0.3, 0.4) is 0 Å². The Balaban J connectivity index is 2.96. The highest BCUT2D eigenvalue weighted by Crippen LogP contribution is 2.17. The van der Waals surface area contributed by atoms with Crippen molar-refractivity contribution in [1.29, 1.82) is 0 Å². The highest BCUT2D eigenvalue weighted by atomic mass is 35.5. The van der Waals surface area contributed by atoms with Gasteiger partial charge in [0.05, 0.1) is 0 Å². The maximum absolute atomic E-state index is 7.65. The van der Waals surface area contributed by atoms with Crippen LogP contribution in [0.2, 0.25) is 0 Å². The van der Waals surface area contributed by atoms with Gasteiger partial charge < -0.3 is 4.90 Å². The number of alkyl halides is 1. The van der Waals surface area contributed by atoms with Crippen LogP contribution >= 0.6 is 11.6 Å². The van der Waals surface area contributed by atoms with E-state index < -0.39 is 25.2 Å². The lowest BCUT2D eigenvalue weighted by atomic mass is 10.2. The van der Waals surface area contributed by atoms with E-state index >= 15 is 0 Å². The minimum absolute atomic E-state index is 0.244. The van der Waals surface area contributed by atoms with Crippen molar-refractivity contribution < 1.29 is 9.60 Å². The summed E-state index contributed by atoms with van der Waals surface area (Å²) in [5.74, 6) is -2.58. The zero-order valence-electron chi connectivity index (χ0n) is 12.0. The molecule has 0 radical (unpaired) electrons. The molecule has 0 bridgehead atoms. The number of nitrogens with zero attached hydrogens (tertiary/aromatic N) is 1. The zero-order valence-corrected chi connectivity index (χ0v) is 5.78. The minimum Gasteiger partial charge on any atom is -0.303 e. The van der Waals surface area contributed by atoms with Crippen molar-refractivity contribution in [3.05, 3.63) is 0 Å². The monoisotopic (exact) mass is 154 g/mol. The zero-order chi connectivity index (χ0) is 12.8. The van der Waals surface area contributed by atoms with Crippen LogP contribution in [0, 0.1) is 0 Å². The second kappa shape index (κ2) is 3.43. The Morgan fingerprint density at radius 2 is 2.89 bits per heavy atom. The highest BCUT2D eigenvalue weighted by Gasteiger charge is 2.19. The molecule has 0 N–H and O–H groups in total. The first-order valence-electron chi connectivity index (χ1n) is 6.43. The van der Waals surface area contributed by atoms with Gasteiger partial charge >= 0.3 is 0 Å². The Labute approximate surface area is 71.8 Å². The lowest BCUT2D eigenvalue weighted by Crippen LogP contribution is -2.24. The molecule has 1 fully saturated rings. The number of hydrogen-bond donors (Lipinski definition) is 0. The van der Waals surface area contributed by atoms with Gasteiger partial charge in [0.25, 0.3) is 0 Å². The standard InChI is InChI=1S/C7H14ClN/c1-9-6-2-3-7(9)4-5-8/h7H,2-6H2,1H3/t7-/m1/s1/i1D3,4D2,5D2. The molecule has 1 atom stereocenters. The molecule has 1 rings (SSSR count). The first-order valence-corrected chi connectivity index (χ1v) is 3.31. The molecule has 1 aliphatic rings. The van der Waals surface area contributed by atoms with Crippen LogP contribution in [0.25, 0.3) is 0 Å². The van der Waals surface area contributed by atoms with Gasteiger partial charge in [0.1, 0.15) is 0 Å². The summed E-state index contributed by atoms with van der Waals surface area (Å²) in [6.45, 7) is -2.16. The van der Waals surface area contributed by atoms with Crippen LogP contribution < -0.4 is 0 Å². The van der Waals surface area contributed by atoms with E-state index in [2.05, 4.69) is 0 Å². The van der Waals surface area contributed by atoms with Crippen molar-refractivity contribution >= 4 is 11.6 Å². The second-order valence-corrected chi connectivity index (χ2v) is 2.28. The molecule has 2 heteroatoms. The predicted molar refractivity (Wildman–Crippen MR) is 41.0 cm³/mol. The maximum atomic E-state index is 7.65. The van der Waals surface area contributed by atoms with Crippen molar-refractivity contribution in [2.75, 3.05) is 19.4 Å². The van der Waals surface area contributed by atoms with Gasteiger partial charge in [-0.1, -0.05) is 0 Å². The van der Waals surface area contributed by atoms with E-state index in [1.165, 1.54) is 0 Å². The van der Waals surface area contributed by atoms with E-state index in [1.807, 2.05) is 0 Å². The molecule has 1 aliphatic heterocycles. The third-order valence-corrected chi connectivity index (χ3v) is 1.58. The molecular weight excluding hydrogens is 134 g/mol. The largest absolute Gasteiger partial charge is 0.303 e. The first-order chi connectivity index (χ1) is 6.98. The van der Waals surface area contributed by atoms with Gasteiger partial charge in [-0.2, -0.15) is 0 Å². The molecule has 0 aromatic rings. The van der Waals surface area contributed by atoms with Gasteiger partial charge in [-0.3, -0.25) is 0 Å². The van der Waals surface area contributed by atoms with Gasteiger partial charge in [0.15, 0.2) is 0 Å². The molecule has 0 spiro atoms. The molecule has 1 nitrogen and oxygen atoms in total. The van der Waals surface area contributed by atoms with E-state index in [1.54, 1.807) is 0 Å². The second-order valence-electron chi connectivity index (χ2n) is 2.09. The van der Waals surface area contributed by atoms with Crippen molar-refractivity contribution in [1.82, 2.24) is 4.90 Å². The lowest BCUT2D eigenvalue weighted by molar-refractivity contribution is 0.305. The summed E-state index contributed by atoms with van der Waals surface area (Å²) in [4.78, 5) is 1.02. The fraction of sp³-hybridized carbons (Fsp3) is 1.00. The summed E-state index contributed by atoms with van der Waals surface area (Å²) >= 11 is 5.37. The van der Waals surface area contributed by atoms with E-state index in [-0.39, 0.29) is 6.54 Å². The average molecular weight is 155 g/mol. The van der Waals surface area contributed by atoms with Crippen molar-refractivity contribution in [2.45, 2.75) is 25.3 Å². The van der Waals surface area contributed by atoms with Gasteiger partial charge in [0.2, 0.25) is 0 Å². The van der Waals surface area contributed by atoms with E-state index in [9.17, 15) is 0 Å². The Morgan fingerprint density at radius 3 is 3.56 bits per heavy atom. The molecule has 0 aromatic heterocycles. The molecule has 1 heterocycles. The Kier molecular flexibility index (Phi) is 0.908. The van der Waals surface area contributed by atoms with Crippen LogP contribution in [-0.2, 0) is 0 Å². The lowest BCUT2D eigenvalue weighted by Gasteiger charge is -2.17. The van der Waals surface area contributed by atoms with Crippen LogP contribution in [0.5, 0.6) is 0 Å². The van der Waals surface area contributed by atoms with Crippen molar-refractivity contribution in [2.24, 2.45) is 0 Å². The Morgan fingerprint density at radius 1 is 2.00 bits per heavy atom. The summed E-state index contributed by atoms with van der Waals surface area (Å²) < 4.78 is 51.6. The Hall–Kier alpha value is 0.250. The molecule has 1 saturated heterocycles.